The van der Waals surface area contributed by atoms with Crippen LogP contribution in [0.15, 0.2) is 28.7 Å². The van der Waals surface area contributed by atoms with Crippen LogP contribution in [0.3, 0.4) is 0 Å². The lowest BCUT2D eigenvalue weighted by atomic mass is 9.93. The molecule has 0 aliphatic rings. The number of hydrogen-bond donors (Lipinski definition) is 1. The summed E-state index contributed by atoms with van der Waals surface area (Å²) in [5.74, 6) is -1.39. The number of aliphatic carboxylic acids is 1. The lowest BCUT2D eigenvalue weighted by Gasteiger charge is -2.14. The molecule has 0 aliphatic carbocycles. The molecule has 1 aromatic carbocycles. The quantitative estimate of drug-likeness (QED) is 0.932. The molecule has 2 aromatic rings. The van der Waals surface area contributed by atoms with Crippen LogP contribution in [0.2, 0.25) is 0 Å². The van der Waals surface area contributed by atoms with Gasteiger partial charge in [0.05, 0.1) is 21.8 Å². The minimum Gasteiger partial charge on any atom is -0.481 e. The van der Waals surface area contributed by atoms with Gasteiger partial charge in [-0.05, 0) is 35.3 Å². The zero-order chi connectivity index (χ0) is 14.9. The average molecular weight is 337 g/mol. The lowest BCUT2D eigenvalue weighted by molar-refractivity contribution is -0.138. The summed E-state index contributed by atoms with van der Waals surface area (Å²) in [5.41, 5.74) is 3.66. The van der Waals surface area contributed by atoms with Crippen LogP contribution in [0, 0.1) is 13.8 Å². The van der Waals surface area contributed by atoms with Gasteiger partial charge in [0.1, 0.15) is 0 Å². The first-order valence-electron chi connectivity index (χ1n) is 6.37. The Labute approximate surface area is 126 Å². The van der Waals surface area contributed by atoms with Gasteiger partial charge in [0.2, 0.25) is 0 Å². The predicted molar refractivity (Wildman–Crippen MR) is 80.9 cm³/mol. The number of nitrogens with zero attached hydrogens (tertiary/aromatic N) is 2. The Morgan fingerprint density at radius 1 is 1.45 bits per heavy atom. The predicted octanol–water partition coefficient (Wildman–Crippen LogP) is 3.21. The molecular formula is C15H17BrN2O2. The van der Waals surface area contributed by atoms with Crippen LogP contribution in [0.5, 0.6) is 0 Å². The molecular weight excluding hydrogens is 320 g/mol. The summed E-state index contributed by atoms with van der Waals surface area (Å²) in [5, 5.41) is 13.8. The molecule has 2 rings (SSSR count). The van der Waals surface area contributed by atoms with E-state index in [2.05, 4.69) is 21.0 Å². The number of carboxylic acid groups (broad SMARTS) is 1. The number of rotatable bonds is 4. The van der Waals surface area contributed by atoms with Crippen molar-refractivity contribution in [3.05, 3.63) is 51.3 Å². The minimum absolute atomic E-state index is 0.413. The van der Waals surface area contributed by atoms with E-state index in [-0.39, 0.29) is 0 Å². The lowest BCUT2D eigenvalue weighted by Crippen LogP contribution is -2.16. The third kappa shape index (κ3) is 2.93. The zero-order valence-corrected chi connectivity index (χ0v) is 13.3. The zero-order valence-electron chi connectivity index (χ0n) is 11.7. The Bertz CT molecular complexity index is 649. The van der Waals surface area contributed by atoms with Gasteiger partial charge in [0.15, 0.2) is 0 Å². The molecule has 1 atom stereocenters. The molecule has 0 saturated heterocycles. The van der Waals surface area contributed by atoms with Gasteiger partial charge in [-0.1, -0.05) is 29.8 Å². The molecule has 1 heterocycles. The summed E-state index contributed by atoms with van der Waals surface area (Å²) in [6.07, 6.45) is 0.413. The van der Waals surface area contributed by atoms with Crippen molar-refractivity contribution in [1.82, 2.24) is 9.78 Å². The van der Waals surface area contributed by atoms with E-state index in [9.17, 15) is 9.90 Å². The molecule has 106 valence electrons. The second-order valence-electron chi connectivity index (χ2n) is 4.98. The van der Waals surface area contributed by atoms with Crippen LogP contribution >= 0.6 is 15.9 Å². The smallest absolute Gasteiger partial charge is 0.311 e. The van der Waals surface area contributed by atoms with Gasteiger partial charge in [-0.3, -0.25) is 9.48 Å². The SMILES string of the molecule is Cc1cccc(C(Cc2c(Br)c(C)nn2C)C(=O)O)c1. The van der Waals surface area contributed by atoms with E-state index in [1.54, 1.807) is 4.68 Å². The first kappa shape index (κ1) is 14.8. The van der Waals surface area contributed by atoms with Crippen molar-refractivity contribution in [3.63, 3.8) is 0 Å². The van der Waals surface area contributed by atoms with Crippen molar-refractivity contribution in [1.29, 1.82) is 0 Å². The second kappa shape index (κ2) is 5.79. The largest absolute Gasteiger partial charge is 0.481 e. The number of carbonyl (C=O) groups is 1. The molecule has 1 unspecified atom stereocenters. The summed E-state index contributed by atoms with van der Waals surface area (Å²) >= 11 is 3.49. The number of aromatic nitrogens is 2. The van der Waals surface area contributed by atoms with E-state index < -0.39 is 11.9 Å². The monoisotopic (exact) mass is 336 g/mol. The van der Waals surface area contributed by atoms with Crippen LogP contribution in [0.25, 0.3) is 0 Å². The van der Waals surface area contributed by atoms with E-state index in [4.69, 9.17) is 0 Å². The molecule has 0 fully saturated rings. The van der Waals surface area contributed by atoms with Crippen LogP contribution in [-0.4, -0.2) is 20.9 Å². The van der Waals surface area contributed by atoms with Crippen molar-refractivity contribution in [2.45, 2.75) is 26.2 Å². The van der Waals surface area contributed by atoms with Crippen LogP contribution in [-0.2, 0) is 18.3 Å². The molecule has 0 aliphatic heterocycles. The average Bonchev–Trinajstić information content (AvgIpc) is 2.60. The van der Waals surface area contributed by atoms with Crippen LogP contribution in [0.1, 0.15) is 28.4 Å². The maximum atomic E-state index is 11.6. The fourth-order valence-corrected chi connectivity index (χ4v) is 2.83. The minimum atomic E-state index is -0.818. The molecule has 20 heavy (non-hydrogen) atoms. The molecule has 4 nitrogen and oxygen atoms in total. The molecule has 5 heteroatoms. The van der Waals surface area contributed by atoms with Gasteiger partial charge in [-0.2, -0.15) is 5.10 Å². The Morgan fingerprint density at radius 3 is 2.65 bits per heavy atom. The molecule has 1 aromatic heterocycles. The fourth-order valence-electron chi connectivity index (χ4n) is 2.33. The van der Waals surface area contributed by atoms with Crippen LogP contribution in [0.4, 0.5) is 0 Å². The van der Waals surface area contributed by atoms with E-state index in [0.717, 1.165) is 27.0 Å². The summed E-state index contributed by atoms with van der Waals surface area (Å²) in [7, 11) is 1.84. The maximum absolute atomic E-state index is 11.6. The Kier molecular flexibility index (Phi) is 4.28. The van der Waals surface area contributed by atoms with Gasteiger partial charge in [-0.15, -0.1) is 0 Å². The molecule has 0 radical (unpaired) electrons. The van der Waals surface area contributed by atoms with Crippen molar-refractivity contribution >= 4 is 21.9 Å². The number of carboxylic acids is 1. The van der Waals surface area contributed by atoms with Gasteiger partial charge in [-0.25, -0.2) is 0 Å². The highest BCUT2D eigenvalue weighted by Gasteiger charge is 2.24. The number of benzene rings is 1. The van der Waals surface area contributed by atoms with Crippen molar-refractivity contribution in [2.24, 2.45) is 7.05 Å². The van der Waals surface area contributed by atoms with Crippen molar-refractivity contribution in [2.75, 3.05) is 0 Å². The molecule has 1 N–H and O–H groups in total. The third-order valence-corrected chi connectivity index (χ3v) is 4.43. The van der Waals surface area contributed by atoms with Crippen molar-refractivity contribution in [3.8, 4) is 0 Å². The number of halogens is 1. The molecule has 0 spiro atoms. The first-order valence-corrected chi connectivity index (χ1v) is 7.16. The standard InChI is InChI=1S/C15H17BrN2O2/c1-9-5-4-6-11(7-9)12(15(19)20)8-13-14(16)10(2)17-18(13)3/h4-7,12H,8H2,1-3H3,(H,19,20). The summed E-state index contributed by atoms with van der Waals surface area (Å²) < 4.78 is 2.63. The maximum Gasteiger partial charge on any atom is 0.311 e. The summed E-state index contributed by atoms with van der Waals surface area (Å²) in [6, 6.07) is 7.65. The second-order valence-corrected chi connectivity index (χ2v) is 5.77. The van der Waals surface area contributed by atoms with Gasteiger partial charge >= 0.3 is 5.97 Å². The highest BCUT2D eigenvalue weighted by molar-refractivity contribution is 9.10. The van der Waals surface area contributed by atoms with Gasteiger partial charge in [0, 0.05) is 13.5 Å². The van der Waals surface area contributed by atoms with Gasteiger partial charge < -0.3 is 5.11 Å². The molecule has 0 saturated carbocycles. The van der Waals surface area contributed by atoms with E-state index in [1.165, 1.54) is 0 Å². The van der Waals surface area contributed by atoms with Gasteiger partial charge in [0.25, 0.3) is 0 Å². The normalized spacial score (nSPS) is 12.4. The fraction of sp³-hybridized carbons (Fsp3) is 0.333. The highest BCUT2D eigenvalue weighted by atomic mass is 79.9. The highest BCUT2D eigenvalue weighted by Crippen LogP contribution is 2.28. The topological polar surface area (TPSA) is 55.1 Å². The van der Waals surface area contributed by atoms with E-state index in [1.807, 2.05) is 45.2 Å². The Balaban J connectivity index is 2.38. The molecule has 0 bridgehead atoms. The van der Waals surface area contributed by atoms with Crippen molar-refractivity contribution < 1.29 is 9.90 Å². The van der Waals surface area contributed by atoms with E-state index in [0.29, 0.717) is 6.42 Å². The Morgan fingerprint density at radius 2 is 2.15 bits per heavy atom. The summed E-state index contributed by atoms with van der Waals surface area (Å²) in [6.45, 7) is 3.86. The number of aryl methyl sites for hydroxylation is 3. The number of hydrogen-bond acceptors (Lipinski definition) is 2. The third-order valence-electron chi connectivity index (χ3n) is 3.40. The van der Waals surface area contributed by atoms with E-state index >= 15 is 0 Å². The first-order chi connectivity index (χ1) is 9.40. The van der Waals surface area contributed by atoms with Crippen LogP contribution < -0.4 is 0 Å². The molecule has 0 amide bonds. The Hall–Kier alpha value is -1.62. The summed E-state index contributed by atoms with van der Waals surface area (Å²) in [4.78, 5) is 11.6.